The Labute approximate surface area is 136 Å². The van der Waals surface area contributed by atoms with E-state index in [1.165, 1.54) is 12.1 Å². The number of pyridine rings is 1. The molecule has 3 aromatic rings. The highest BCUT2D eigenvalue weighted by Gasteiger charge is 2.36. The van der Waals surface area contributed by atoms with Crippen LogP contribution >= 0.6 is 0 Å². The predicted molar refractivity (Wildman–Crippen MR) is 85.3 cm³/mol. The maximum absolute atomic E-state index is 11.9. The lowest BCUT2D eigenvalue weighted by atomic mass is 9.91. The van der Waals surface area contributed by atoms with Gasteiger partial charge in [-0.05, 0) is 29.8 Å². The van der Waals surface area contributed by atoms with Gasteiger partial charge in [-0.15, -0.1) is 0 Å². The second kappa shape index (κ2) is 5.45. The summed E-state index contributed by atoms with van der Waals surface area (Å²) in [5.41, 5.74) is 1.54. The number of aromatic nitrogens is 1. The quantitative estimate of drug-likeness (QED) is 0.590. The van der Waals surface area contributed by atoms with Gasteiger partial charge in [0.1, 0.15) is 5.76 Å². The summed E-state index contributed by atoms with van der Waals surface area (Å²) in [6.07, 6.45) is 3.61. The molecule has 0 spiro atoms. The number of benzene rings is 1. The van der Waals surface area contributed by atoms with E-state index in [0.29, 0.717) is 23.1 Å². The Hall–Kier alpha value is -3.22. The van der Waals surface area contributed by atoms with Gasteiger partial charge in [-0.2, -0.15) is 0 Å². The number of amides is 1. The summed E-state index contributed by atoms with van der Waals surface area (Å²) in [5, 5.41) is 14.5. The zero-order valence-corrected chi connectivity index (χ0v) is 12.5. The Morgan fingerprint density at radius 2 is 2.17 bits per heavy atom. The van der Waals surface area contributed by atoms with Crippen molar-refractivity contribution in [3.63, 3.8) is 0 Å². The highest BCUT2D eigenvalue weighted by molar-refractivity contribution is 5.83. The summed E-state index contributed by atoms with van der Waals surface area (Å²) in [7, 11) is 0. The molecule has 1 N–H and O–H groups in total. The molecule has 1 aliphatic rings. The smallest absolute Gasteiger partial charge is 0.270 e. The second-order valence-electron chi connectivity index (χ2n) is 5.77. The first kappa shape index (κ1) is 14.4. The Balaban J connectivity index is 1.77. The molecule has 0 bridgehead atoms. The van der Waals surface area contributed by atoms with E-state index in [4.69, 9.17) is 4.42 Å². The van der Waals surface area contributed by atoms with Crippen LogP contribution in [-0.4, -0.2) is 15.8 Å². The van der Waals surface area contributed by atoms with Crippen LogP contribution in [0.2, 0.25) is 0 Å². The summed E-state index contributed by atoms with van der Waals surface area (Å²) in [6.45, 7) is 0. The molecule has 7 nitrogen and oxygen atoms in total. The topological polar surface area (TPSA) is 98.3 Å². The number of hydrogen-bond donors (Lipinski definition) is 1. The minimum atomic E-state index is -0.432. The molecule has 1 aliphatic heterocycles. The number of carbonyl (C=O) groups excluding carboxylic acids is 1. The van der Waals surface area contributed by atoms with Crippen LogP contribution in [0, 0.1) is 10.1 Å². The van der Waals surface area contributed by atoms with E-state index in [2.05, 4.69) is 10.3 Å². The average molecular weight is 323 g/mol. The average Bonchev–Trinajstić information content (AvgIpc) is 3.22. The zero-order valence-electron chi connectivity index (χ0n) is 12.5. The van der Waals surface area contributed by atoms with E-state index in [1.54, 1.807) is 24.6 Å². The Morgan fingerprint density at radius 3 is 2.92 bits per heavy atom. The van der Waals surface area contributed by atoms with Crippen molar-refractivity contribution < 1.29 is 14.1 Å². The molecule has 3 heterocycles. The Kier molecular flexibility index (Phi) is 3.26. The summed E-state index contributed by atoms with van der Waals surface area (Å²) < 4.78 is 5.43. The molecule has 120 valence electrons. The van der Waals surface area contributed by atoms with Crippen molar-refractivity contribution in [3.8, 4) is 0 Å². The Bertz CT molecular complexity index is 936. The normalized spacial score (nSPS) is 20.2. The van der Waals surface area contributed by atoms with Crippen LogP contribution in [0.4, 0.5) is 5.69 Å². The third-order valence-corrected chi connectivity index (χ3v) is 4.30. The molecular weight excluding hydrogens is 310 g/mol. The predicted octanol–water partition coefficient (Wildman–Crippen LogP) is 3.08. The molecule has 0 radical (unpaired) electrons. The number of hydrogen-bond acceptors (Lipinski definition) is 5. The first-order valence-corrected chi connectivity index (χ1v) is 7.49. The van der Waals surface area contributed by atoms with Crippen molar-refractivity contribution >= 4 is 22.5 Å². The molecule has 0 unspecified atom stereocenters. The van der Waals surface area contributed by atoms with Crippen molar-refractivity contribution in [2.75, 3.05) is 0 Å². The maximum Gasteiger partial charge on any atom is 0.270 e. The van der Waals surface area contributed by atoms with Gasteiger partial charge in [-0.3, -0.25) is 19.9 Å². The number of nitrogens with zero attached hydrogens (tertiary/aromatic N) is 2. The Morgan fingerprint density at radius 1 is 1.29 bits per heavy atom. The largest absolute Gasteiger partial charge is 0.467 e. The van der Waals surface area contributed by atoms with Crippen molar-refractivity contribution in [3.05, 3.63) is 70.3 Å². The molecule has 2 aromatic heterocycles. The van der Waals surface area contributed by atoms with Gasteiger partial charge < -0.3 is 9.73 Å². The molecule has 24 heavy (non-hydrogen) atoms. The third kappa shape index (κ3) is 2.40. The van der Waals surface area contributed by atoms with Gasteiger partial charge in [0.25, 0.3) is 5.69 Å². The molecule has 0 saturated carbocycles. The van der Waals surface area contributed by atoms with Gasteiger partial charge in [0, 0.05) is 36.1 Å². The van der Waals surface area contributed by atoms with Gasteiger partial charge >= 0.3 is 0 Å². The molecule has 1 aromatic carbocycles. The van der Waals surface area contributed by atoms with Crippen LogP contribution in [0.1, 0.15) is 29.7 Å². The van der Waals surface area contributed by atoms with Crippen LogP contribution in [-0.2, 0) is 4.79 Å². The van der Waals surface area contributed by atoms with Crippen molar-refractivity contribution in [1.82, 2.24) is 10.3 Å². The summed E-state index contributed by atoms with van der Waals surface area (Å²) in [4.78, 5) is 26.8. The first-order chi connectivity index (χ1) is 11.6. The number of rotatable bonds is 3. The van der Waals surface area contributed by atoms with Crippen LogP contribution in [0.5, 0.6) is 0 Å². The van der Waals surface area contributed by atoms with E-state index in [-0.39, 0.29) is 23.6 Å². The number of nitrogens with one attached hydrogen (secondary N) is 1. The number of fused-ring (bicyclic) bond motifs is 1. The van der Waals surface area contributed by atoms with Crippen molar-refractivity contribution in [2.45, 2.75) is 18.4 Å². The number of non-ortho nitro benzene ring substituents is 1. The maximum atomic E-state index is 11.9. The highest BCUT2D eigenvalue weighted by Crippen LogP contribution is 2.39. The lowest BCUT2D eigenvalue weighted by Gasteiger charge is -2.17. The molecule has 7 heteroatoms. The number of furan rings is 1. The summed E-state index contributed by atoms with van der Waals surface area (Å²) in [5.74, 6) is 0.505. The SMILES string of the molecule is O=C1C[C@@H](c2cnc3ccc([N+](=O)[O-])cc3c2)[C@@H](c2ccco2)N1. The van der Waals surface area contributed by atoms with Crippen molar-refractivity contribution in [1.29, 1.82) is 0 Å². The lowest BCUT2D eigenvalue weighted by Crippen LogP contribution is -2.19. The summed E-state index contributed by atoms with van der Waals surface area (Å²) >= 11 is 0. The molecule has 1 amide bonds. The fourth-order valence-corrected chi connectivity index (χ4v) is 3.15. The van der Waals surface area contributed by atoms with E-state index < -0.39 is 4.92 Å². The van der Waals surface area contributed by atoms with E-state index in [0.717, 1.165) is 5.56 Å². The van der Waals surface area contributed by atoms with E-state index in [9.17, 15) is 14.9 Å². The van der Waals surface area contributed by atoms with Crippen LogP contribution in [0.15, 0.2) is 53.3 Å². The fraction of sp³-hybridized carbons (Fsp3) is 0.176. The van der Waals surface area contributed by atoms with E-state index >= 15 is 0 Å². The fourth-order valence-electron chi connectivity index (χ4n) is 3.15. The molecular formula is C17H13N3O4. The van der Waals surface area contributed by atoms with Crippen molar-refractivity contribution in [2.24, 2.45) is 0 Å². The minimum absolute atomic E-state index is 0.0182. The standard InChI is InChI=1S/C17H13N3O4/c21-16-8-13(17(19-16)15-2-1-5-24-15)11-6-10-7-12(20(22)23)3-4-14(10)18-9-11/h1-7,9,13,17H,8H2,(H,19,21)/t13-,17-/m0/s1. The number of nitro benzene ring substituents is 1. The van der Waals surface area contributed by atoms with Gasteiger partial charge in [0.15, 0.2) is 0 Å². The minimum Gasteiger partial charge on any atom is -0.467 e. The summed E-state index contributed by atoms with van der Waals surface area (Å²) in [6, 6.07) is 9.75. The molecule has 1 fully saturated rings. The molecule has 1 saturated heterocycles. The lowest BCUT2D eigenvalue weighted by molar-refractivity contribution is -0.384. The van der Waals surface area contributed by atoms with Gasteiger partial charge in [-0.25, -0.2) is 0 Å². The van der Waals surface area contributed by atoms with Gasteiger partial charge in [0.2, 0.25) is 5.91 Å². The van der Waals surface area contributed by atoms with Crippen LogP contribution in [0.25, 0.3) is 10.9 Å². The number of nitro groups is 1. The third-order valence-electron chi connectivity index (χ3n) is 4.30. The molecule has 4 rings (SSSR count). The number of carbonyl (C=O) groups is 1. The van der Waals surface area contributed by atoms with Crippen LogP contribution < -0.4 is 5.32 Å². The van der Waals surface area contributed by atoms with Gasteiger partial charge in [-0.1, -0.05) is 0 Å². The first-order valence-electron chi connectivity index (χ1n) is 7.49. The molecule has 0 aliphatic carbocycles. The second-order valence-corrected chi connectivity index (χ2v) is 5.77. The zero-order chi connectivity index (χ0) is 16.7. The molecule has 2 atom stereocenters. The monoisotopic (exact) mass is 323 g/mol. The van der Waals surface area contributed by atoms with Gasteiger partial charge in [0.05, 0.1) is 22.7 Å². The highest BCUT2D eigenvalue weighted by atomic mass is 16.6. The van der Waals surface area contributed by atoms with Crippen LogP contribution in [0.3, 0.4) is 0 Å². The van der Waals surface area contributed by atoms with E-state index in [1.807, 2.05) is 12.1 Å².